The molecule has 3 rings (SSSR count). The fourth-order valence-corrected chi connectivity index (χ4v) is 4.99. The smallest absolute Gasteiger partial charge is 0.222 e. The number of likely N-dealkylation sites (tertiary alicyclic amines) is 1. The number of benzene rings is 1. The minimum Gasteiger partial charge on any atom is -0.356 e. The van der Waals surface area contributed by atoms with Crippen LogP contribution in [0.1, 0.15) is 86.2 Å². The number of nitrogens with zero attached hydrogens (tertiary/aromatic N) is 1. The van der Waals surface area contributed by atoms with E-state index in [9.17, 15) is 14.0 Å². The van der Waals surface area contributed by atoms with E-state index in [0.717, 1.165) is 56.4 Å². The van der Waals surface area contributed by atoms with Gasteiger partial charge in [0.25, 0.3) is 0 Å². The first-order chi connectivity index (χ1) is 14.6. The lowest BCUT2D eigenvalue weighted by molar-refractivity contribution is -0.122. The molecule has 1 fully saturated rings. The molecule has 0 bridgehead atoms. The molecule has 2 N–H and O–H groups in total. The van der Waals surface area contributed by atoms with Crippen LogP contribution in [0.5, 0.6) is 0 Å². The third kappa shape index (κ3) is 6.28. The second kappa shape index (κ2) is 9.68. The van der Waals surface area contributed by atoms with Gasteiger partial charge in [0.05, 0.1) is 6.04 Å². The van der Waals surface area contributed by atoms with Gasteiger partial charge in [0, 0.05) is 22.7 Å². The van der Waals surface area contributed by atoms with Crippen molar-refractivity contribution in [2.24, 2.45) is 5.41 Å². The Labute approximate surface area is 189 Å². The highest BCUT2D eigenvalue weighted by atomic mass is 19.1. The molecule has 0 radical (unpaired) electrons. The van der Waals surface area contributed by atoms with Gasteiger partial charge < -0.3 is 15.5 Å². The Morgan fingerprint density at radius 1 is 1.23 bits per heavy atom. The topological polar surface area (TPSA) is 61.4 Å². The Morgan fingerprint density at radius 2 is 1.94 bits per heavy atom. The van der Waals surface area contributed by atoms with E-state index in [1.165, 1.54) is 19.4 Å². The predicted octanol–water partition coefficient (Wildman–Crippen LogP) is 4.56. The number of rotatable bonds is 6. The minimum absolute atomic E-state index is 0. The third-order valence-corrected chi connectivity index (χ3v) is 6.93. The van der Waals surface area contributed by atoms with Crippen molar-refractivity contribution in [1.29, 1.82) is 0 Å². The first-order valence-corrected chi connectivity index (χ1v) is 11.6. The molecule has 1 spiro atoms. The Morgan fingerprint density at radius 3 is 2.58 bits per heavy atom. The molecule has 1 saturated heterocycles. The fraction of sp³-hybridized carbons (Fsp3) is 0.680. The maximum atomic E-state index is 14.3. The van der Waals surface area contributed by atoms with Gasteiger partial charge >= 0.3 is 0 Å². The van der Waals surface area contributed by atoms with Crippen molar-refractivity contribution in [2.75, 3.05) is 26.2 Å². The van der Waals surface area contributed by atoms with Crippen LogP contribution in [0.4, 0.5) is 4.39 Å². The lowest BCUT2D eigenvalue weighted by atomic mass is 9.63. The van der Waals surface area contributed by atoms with E-state index >= 15 is 0 Å². The SMILES string of the molecule is CC(=O)NCCC(=O)N[C@@H]1CCC2(CCN(CCC(C)(C)C)CC2)c2cc(F)ccc21.[HH].[HH]. The standard InChI is InChI=1S/C25H38FN3O2.2H2/c1-18(30)27-13-8-23(31)28-22-7-9-25(21-17-19(26)5-6-20(21)22)11-15-29(16-12-25)14-10-24(2,3)4;;/h5-6,17,22H,7-16H2,1-4H3,(H,27,30)(H,28,31);2*1H/t22-;;/m1../s1. The molecule has 1 atom stereocenters. The van der Waals surface area contributed by atoms with Crippen LogP contribution in [0.2, 0.25) is 0 Å². The molecule has 2 aliphatic rings. The predicted molar refractivity (Wildman–Crippen MR) is 125 cm³/mol. The summed E-state index contributed by atoms with van der Waals surface area (Å²) in [6.45, 7) is 11.8. The molecule has 1 aliphatic carbocycles. The quantitative estimate of drug-likeness (QED) is 0.688. The molecule has 0 saturated carbocycles. The fourth-order valence-electron chi connectivity index (χ4n) is 4.99. The minimum atomic E-state index is -0.203. The van der Waals surface area contributed by atoms with Gasteiger partial charge in [0.15, 0.2) is 0 Å². The number of carbonyl (C=O) groups excluding carboxylic acids is 2. The zero-order valence-corrected chi connectivity index (χ0v) is 19.5. The number of hydrogen-bond donors (Lipinski definition) is 2. The summed E-state index contributed by atoms with van der Waals surface area (Å²) in [5.41, 5.74) is 2.48. The molecule has 0 aromatic heterocycles. The van der Waals surface area contributed by atoms with E-state index in [0.29, 0.717) is 12.0 Å². The molecule has 1 heterocycles. The van der Waals surface area contributed by atoms with Crippen molar-refractivity contribution in [3.63, 3.8) is 0 Å². The number of amides is 2. The number of piperidine rings is 1. The van der Waals surface area contributed by atoms with E-state index in [4.69, 9.17) is 0 Å². The normalized spacial score (nSPS) is 20.9. The number of nitrogens with one attached hydrogen (secondary N) is 2. The van der Waals surface area contributed by atoms with Gasteiger partial charge in [0.2, 0.25) is 11.8 Å². The van der Waals surface area contributed by atoms with Gasteiger partial charge in [-0.1, -0.05) is 26.8 Å². The van der Waals surface area contributed by atoms with Gasteiger partial charge in [-0.15, -0.1) is 0 Å². The van der Waals surface area contributed by atoms with Crippen LogP contribution in [0.3, 0.4) is 0 Å². The summed E-state index contributed by atoms with van der Waals surface area (Å²) in [6, 6.07) is 4.98. The summed E-state index contributed by atoms with van der Waals surface area (Å²) in [7, 11) is 0. The largest absolute Gasteiger partial charge is 0.356 e. The molecule has 6 heteroatoms. The summed E-state index contributed by atoms with van der Waals surface area (Å²) < 4.78 is 14.3. The van der Waals surface area contributed by atoms with Gasteiger partial charge in [-0.2, -0.15) is 0 Å². The van der Waals surface area contributed by atoms with Crippen LogP contribution < -0.4 is 10.6 Å². The van der Waals surface area contributed by atoms with Crippen molar-refractivity contribution >= 4 is 11.8 Å². The van der Waals surface area contributed by atoms with Crippen LogP contribution in [-0.2, 0) is 15.0 Å². The second-order valence-corrected chi connectivity index (χ2v) is 10.6. The molecule has 0 unspecified atom stereocenters. The highest BCUT2D eigenvalue weighted by Gasteiger charge is 2.42. The maximum absolute atomic E-state index is 14.3. The summed E-state index contributed by atoms with van der Waals surface area (Å²) >= 11 is 0. The number of halogens is 1. The van der Waals surface area contributed by atoms with E-state index in [1.807, 2.05) is 6.07 Å². The van der Waals surface area contributed by atoms with Crippen molar-refractivity contribution in [1.82, 2.24) is 15.5 Å². The Hall–Kier alpha value is -1.95. The van der Waals surface area contributed by atoms with Crippen molar-refractivity contribution in [2.45, 2.75) is 77.7 Å². The Bertz CT molecular complexity index is 805. The number of hydrogen-bond acceptors (Lipinski definition) is 3. The molecule has 31 heavy (non-hydrogen) atoms. The molecule has 1 aromatic rings. The van der Waals surface area contributed by atoms with Gasteiger partial charge in [-0.3, -0.25) is 9.59 Å². The van der Waals surface area contributed by atoms with Crippen molar-refractivity contribution in [3.05, 3.63) is 35.1 Å². The third-order valence-electron chi connectivity index (χ3n) is 6.93. The zero-order valence-electron chi connectivity index (χ0n) is 19.5. The summed E-state index contributed by atoms with van der Waals surface area (Å²) in [6.07, 6.45) is 5.34. The van der Waals surface area contributed by atoms with Gasteiger partial charge in [-0.25, -0.2) is 4.39 Å². The lowest BCUT2D eigenvalue weighted by Crippen LogP contribution is -2.47. The summed E-state index contributed by atoms with van der Waals surface area (Å²) in [5, 5.41) is 5.77. The van der Waals surface area contributed by atoms with E-state index in [1.54, 1.807) is 6.07 Å². The van der Waals surface area contributed by atoms with Crippen LogP contribution in [0.25, 0.3) is 0 Å². The molecule has 1 aliphatic heterocycles. The molecule has 176 valence electrons. The van der Waals surface area contributed by atoms with E-state index in [2.05, 4.69) is 36.3 Å². The summed E-state index contributed by atoms with van der Waals surface area (Å²) in [5.74, 6) is -0.421. The van der Waals surface area contributed by atoms with Crippen LogP contribution >= 0.6 is 0 Å². The zero-order chi connectivity index (χ0) is 22.6. The first kappa shape index (κ1) is 23.7. The van der Waals surface area contributed by atoms with Gasteiger partial charge in [0.1, 0.15) is 5.82 Å². The average Bonchev–Trinajstić information content (AvgIpc) is 2.69. The van der Waals surface area contributed by atoms with Gasteiger partial charge in [-0.05, 0) is 85.8 Å². The molecule has 2 amide bonds. The van der Waals surface area contributed by atoms with Crippen molar-refractivity contribution in [3.8, 4) is 0 Å². The second-order valence-electron chi connectivity index (χ2n) is 10.6. The first-order valence-electron chi connectivity index (χ1n) is 11.6. The molecule has 1 aromatic carbocycles. The number of carbonyl (C=O) groups is 2. The monoisotopic (exact) mass is 435 g/mol. The highest BCUT2D eigenvalue weighted by Crippen LogP contribution is 2.48. The van der Waals surface area contributed by atoms with Crippen LogP contribution in [0.15, 0.2) is 18.2 Å². The van der Waals surface area contributed by atoms with Crippen molar-refractivity contribution < 1.29 is 16.8 Å². The number of fused-ring (bicyclic) bond motifs is 2. The average molecular weight is 436 g/mol. The Balaban J connectivity index is 0.00000272. The summed E-state index contributed by atoms with van der Waals surface area (Å²) in [4.78, 5) is 26.0. The highest BCUT2D eigenvalue weighted by molar-refractivity contribution is 5.78. The lowest BCUT2D eigenvalue weighted by Gasteiger charge is -2.47. The van der Waals surface area contributed by atoms with Crippen LogP contribution in [0, 0.1) is 11.2 Å². The molecular weight excluding hydrogens is 393 g/mol. The Kier molecular flexibility index (Phi) is 7.40. The van der Waals surface area contributed by atoms with E-state index in [-0.39, 0.29) is 38.4 Å². The molecular formula is C25H42FN3O2. The van der Waals surface area contributed by atoms with Crippen LogP contribution in [-0.4, -0.2) is 42.9 Å². The maximum Gasteiger partial charge on any atom is 0.222 e. The van der Waals surface area contributed by atoms with E-state index < -0.39 is 0 Å². The molecule has 5 nitrogen and oxygen atoms in total.